The minimum absolute atomic E-state index is 0.0201. The van der Waals surface area contributed by atoms with E-state index in [1.165, 1.54) is 11.3 Å². The highest BCUT2D eigenvalue weighted by molar-refractivity contribution is 8.01. The molecule has 0 bridgehead atoms. The van der Waals surface area contributed by atoms with Gasteiger partial charge in [0, 0.05) is 18.7 Å². The van der Waals surface area contributed by atoms with Gasteiger partial charge in [-0.3, -0.25) is 9.59 Å². The number of benzene rings is 1. The van der Waals surface area contributed by atoms with E-state index in [0.29, 0.717) is 11.7 Å². The molecule has 1 aromatic carbocycles. The van der Waals surface area contributed by atoms with Gasteiger partial charge >= 0.3 is 0 Å². The van der Waals surface area contributed by atoms with E-state index in [1.807, 2.05) is 39.0 Å². The highest BCUT2D eigenvalue weighted by Gasteiger charge is 2.36. The van der Waals surface area contributed by atoms with E-state index >= 15 is 0 Å². The molecule has 1 aliphatic rings. The molecule has 132 valence electrons. The zero-order valence-electron chi connectivity index (χ0n) is 14.4. The fourth-order valence-electron chi connectivity index (χ4n) is 2.79. The summed E-state index contributed by atoms with van der Waals surface area (Å²) >= 11 is 2.94. The molecule has 2 heterocycles. The molecule has 3 rings (SSSR count). The third-order valence-corrected chi connectivity index (χ3v) is 6.12. The molecular weight excluding hydrogens is 356 g/mol. The number of aryl methyl sites for hydroxylation is 1. The summed E-state index contributed by atoms with van der Waals surface area (Å²) in [6.45, 7) is 6.45. The molecule has 6 nitrogen and oxygen atoms in total. The van der Waals surface area contributed by atoms with Crippen LogP contribution in [0.15, 0.2) is 22.5 Å². The van der Waals surface area contributed by atoms with Gasteiger partial charge in [0.25, 0.3) is 0 Å². The Bertz CT molecular complexity index is 806. The molecule has 1 aliphatic heterocycles. The summed E-state index contributed by atoms with van der Waals surface area (Å²) < 4.78 is 0.831. The molecule has 1 fully saturated rings. The number of amides is 2. The lowest BCUT2D eigenvalue weighted by Gasteiger charge is -2.20. The molecule has 25 heavy (non-hydrogen) atoms. The van der Waals surface area contributed by atoms with E-state index < -0.39 is 0 Å². The summed E-state index contributed by atoms with van der Waals surface area (Å²) in [6.07, 6.45) is 0.217. The van der Waals surface area contributed by atoms with Crippen LogP contribution < -0.4 is 10.2 Å². The van der Waals surface area contributed by atoms with Crippen molar-refractivity contribution in [3.05, 3.63) is 29.3 Å². The van der Waals surface area contributed by atoms with Crippen LogP contribution in [0.5, 0.6) is 0 Å². The maximum Gasteiger partial charge on any atom is 0.231 e. The largest absolute Gasteiger partial charge is 0.311 e. The summed E-state index contributed by atoms with van der Waals surface area (Å²) in [5.74, 6) is 0.335. The predicted octanol–water partition coefficient (Wildman–Crippen LogP) is 3.26. The normalized spacial score (nSPS) is 17.2. The maximum absolute atomic E-state index is 12.5. The number of carbonyl (C=O) groups is 2. The topological polar surface area (TPSA) is 75.2 Å². The molecule has 0 aliphatic carbocycles. The van der Waals surface area contributed by atoms with Crippen molar-refractivity contribution in [3.8, 4) is 0 Å². The number of aromatic nitrogens is 2. The second kappa shape index (κ2) is 7.53. The van der Waals surface area contributed by atoms with Gasteiger partial charge in [-0.15, -0.1) is 10.2 Å². The lowest BCUT2D eigenvalue weighted by Crippen LogP contribution is -2.28. The standard InChI is InChI=1S/C17H20N4O2S2/c1-4-24-17-20-19-16(25-17)18-15(23)12-8-14(22)21(9-12)13-7-5-6-10(2)11(13)3/h5-7,12H,4,8-9H2,1-3H3,(H,18,19,23)/t12-/m1/s1. The average molecular weight is 377 g/mol. The molecule has 8 heteroatoms. The van der Waals surface area contributed by atoms with Crippen LogP contribution in [0.1, 0.15) is 24.5 Å². The minimum Gasteiger partial charge on any atom is -0.311 e. The first-order valence-corrected chi connectivity index (χ1v) is 9.93. The number of hydrogen-bond donors (Lipinski definition) is 1. The number of rotatable bonds is 5. The summed E-state index contributed by atoms with van der Waals surface area (Å²) in [5, 5.41) is 11.3. The van der Waals surface area contributed by atoms with Crippen molar-refractivity contribution in [2.75, 3.05) is 22.5 Å². The van der Waals surface area contributed by atoms with Crippen LogP contribution in [-0.4, -0.2) is 34.3 Å². The second-order valence-electron chi connectivity index (χ2n) is 5.92. The fourth-order valence-corrected chi connectivity index (χ4v) is 4.45. The fraction of sp³-hybridized carbons (Fsp3) is 0.412. The Morgan fingerprint density at radius 2 is 2.20 bits per heavy atom. The molecule has 0 spiro atoms. The van der Waals surface area contributed by atoms with E-state index in [0.717, 1.165) is 26.9 Å². The van der Waals surface area contributed by atoms with Crippen LogP contribution in [0.4, 0.5) is 10.8 Å². The predicted molar refractivity (Wildman–Crippen MR) is 101 cm³/mol. The van der Waals surface area contributed by atoms with Crippen molar-refractivity contribution in [2.45, 2.75) is 31.5 Å². The van der Waals surface area contributed by atoms with E-state index in [1.54, 1.807) is 16.7 Å². The Kier molecular flexibility index (Phi) is 5.39. The maximum atomic E-state index is 12.5. The summed E-state index contributed by atoms with van der Waals surface area (Å²) in [5.41, 5.74) is 3.09. The Morgan fingerprint density at radius 1 is 1.40 bits per heavy atom. The van der Waals surface area contributed by atoms with Crippen LogP contribution in [0.3, 0.4) is 0 Å². The van der Waals surface area contributed by atoms with E-state index in [-0.39, 0.29) is 24.2 Å². The van der Waals surface area contributed by atoms with E-state index in [2.05, 4.69) is 15.5 Å². The number of thioether (sulfide) groups is 1. The average Bonchev–Trinajstić information content (AvgIpc) is 3.17. The smallest absolute Gasteiger partial charge is 0.231 e. The molecule has 1 N–H and O–H groups in total. The highest BCUT2D eigenvalue weighted by Crippen LogP contribution is 2.30. The molecule has 1 saturated heterocycles. The van der Waals surface area contributed by atoms with Gasteiger partial charge in [0.05, 0.1) is 5.92 Å². The van der Waals surface area contributed by atoms with Gasteiger partial charge in [0.1, 0.15) is 0 Å². The molecule has 0 saturated carbocycles. The van der Waals surface area contributed by atoms with Crippen molar-refractivity contribution < 1.29 is 9.59 Å². The SMILES string of the molecule is CCSc1nnc(NC(=O)[C@@H]2CC(=O)N(c3cccc(C)c3C)C2)s1. The zero-order chi connectivity index (χ0) is 18.0. The summed E-state index contributed by atoms with van der Waals surface area (Å²) in [4.78, 5) is 26.6. The minimum atomic E-state index is -0.376. The van der Waals surface area contributed by atoms with Crippen LogP contribution in [0, 0.1) is 19.8 Å². The van der Waals surface area contributed by atoms with Crippen LogP contribution in [0.25, 0.3) is 0 Å². The number of anilines is 2. The first-order valence-electron chi connectivity index (χ1n) is 8.13. The first kappa shape index (κ1) is 17.9. The monoisotopic (exact) mass is 376 g/mol. The van der Waals surface area contributed by atoms with E-state index in [4.69, 9.17) is 0 Å². The van der Waals surface area contributed by atoms with Crippen LogP contribution in [0.2, 0.25) is 0 Å². The molecule has 0 unspecified atom stereocenters. The van der Waals surface area contributed by atoms with Gasteiger partial charge in [0.2, 0.25) is 16.9 Å². The van der Waals surface area contributed by atoms with E-state index in [9.17, 15) is 9.59 Å². The Labute approximate surface area is 155 Å². The number of hydrogen-bond acceptors (Lipinski definition) is 6. The van der Waals surface area contributed by atoms with Crippen molar-refractivity contribution in [1.29, 1.82) is 0 Å². The third kappa shape index (κ3) is 3.85. The van der Waals surface area contributed by atoms with Crippen LogP contribution in [-0.2, 0) is 9.59 Å². The van der Waals surface area contributed by atoms with Crippen molar-refractivity contribution in [1.82, 2.24) is 10.2 Å². The van der Waals surface area contributed by atoms with Gasteiger partial charge < -0.3 is 10.2 Å². The number of nitrogens with zero attached hydrogens (tertiary/aromatic N) is 3. The van der Waals surface area contributed by atoms with Crippen molar-refractivity contribution >= 4 is 45.7 Å². The van der Waals surface area contributed by atoms with Crippen molar-refractivity contribution in [2.24, 2.45) is 5.92 Å². The van der Waals surface area contributed by atoms with Gasteiger partial charge in [0.15, 0.2) is 4.34 Å². The molecule has 0 radical (unpaired) electrons. The van der Waals surface area contributed by atoms with Crippen LogP contribution >= 0.6 is 23.1 Å². The summed E-state index contributed by atoms with van der Waals surface area (Å²) in [6, 6.07) is 5.89. The second-order valence-corrected chi connectivity index (χ2v) is 8.41. The van der Waals surface area contributed by atoms with Gasteiger partial charge in [-0.1, -0.05) is 42.2 Å². The quantitative estimate of drug-likeness (QED) is 0.640. The lowest BCUT2D eigenvalue weighted by molar-refractivity contribution is -0.122. The molecule has 2 aromatic rings. The Balaban J connectivity index is 1.69. The van der Waals surface area contributed by atoms with Gasteiger partial charge in [-0.2, -0.15) is 0 Å². The lowest BCUT2D eigenvalue weighted by atomic mass is 10.1. The molecule has 1 aromatic heterocycles. The van der Waals surface area contributed by atoms with Gasteiger partial charge in [-0.25, -0.2) is 0 Å². The first-order chi connectivity index (χ1) is 12.0. The Hall–Kier alpha value is -1.93. The van der Waals surface area contributed by atoms with Gasteiger partial charge in [-0.05, 0) is 36.8 Å². The highest BCUT2D eigenvalue weighted by atomic mass is 32.2. The molecule has 2 amide bonds. The number of carbonyl (C=O) groups excluding carboxylic acids is 2. The number of nitrogens with one attached hydrogen (secondary N) is 1. The third-order valence-electron chi connectivity index (χ3n) is 4.27. The zero-order valence-corrected chi connectivity index (χ0v) is 16.0. The molecular formula is C17H20N4O2S2. The molecule has 1 atom stereocenters. The van der Waals surface area contributed by atoms with Crippen molar-refractivity contribution in [3.63, 3.8) is 0 Å². The summed E-state index contributed by atoms with van der Waals surface area (Å²) in [7, 11) is 0. The Morgan fingerprint density at radius 3 is 2.96 bits per heavy atom.